The van der Waals surface area contributed by atoms with E-state index in [1.807, 2.05) is 0 Å². The Balaban J connectivity index is 1.83. The molecule has 2 aliphatic rings. The van der Waals surface area contributed by atoms with E-state index in [0.29, 0.717) is 5.41 Å². The molecule has 0 radical (unpaired) electrons. The molecule has 0 heterocycles. The molecule has 0 bridgehead atoms. The number of hydrogen-bond donors (Lipinski definition) is 2. The van der Waals surface area contributed by atoms with Crippen LogP contribution < -0.4 is 5.32 Å². The molecule has 2 fully saturated rings. The van der Waals surface area contributed by atoms with E-state index >= 15 is 0 Å². The number of nitrogens with one attached hydrogen (secondary N) is 1. The van der Waals surface area contributed by atoms with E-state index in [2.05, 4.69) is 19.2 Å². The van der Waals surface area contributed by atoms with E-state index in [1.54, 1.807) is 0 Å². The summed E-state index contributed by atoms with van der Waals surface area (Å²) in [6, 6.07) is 0.209. The Kier molecular flexibility index (Phi) is 4.88. The second kappa shape index (κ2) is 6.25. The predicted octanol–water partition coefficient (Wildman–Crippen LogP) is 2.87. The summed E-state index contributed by atoms with van der Waals surface area (Å²) >= 11 is 0. The Morgan fingerprint density at radius 3 is 2.42 bits per heavy atom. The predicted molar refractivity (Wildman–Crippen MR) is 76.7 cm³/mol. The first-order valence-electron chi connectivity index (χ1n) is 7.93. The van der Waals surface area contributed by atoms with Crippen LogP contribution in [0, 0.1) is 17.3 Å². The van der Waals surface area contributed by atoms with Crippen molar-refractivity contribution in [2.75, 3.05) is 6.61 Å². The molecular weight excluding hydrogens is 238 g/mol. The van der Waals surface area contributed by atoms with Gasteiger partial charge in [-0.25, -0.2) is 0 Å². The van der Waals surface area contributed by atoms with Crippen LogP contribution in [0.25, 0.3) is 0 Å². The minimum atomic E-state index is 0.203. The molecule has 0 spiro atoms. The molecule has 2 unspecified atom stereocenters. The zero-order chi connectivity index (χ0) is 13.9. The lowest BCUT2D eigenvalue weighted by Crippen LogP contribution is -2.46. The Labute approximate surface area is 117 Å². The maximum absolute atomic E-state index is 12.3. The van der Waals surface area contributed by atoms with Gasteiger partial charge in [0.15, 0.2) is 0 Å². The Bertz CT molecular complexity index is 304. The van der Waals surface area contributed by atoms with Crippen molar-refractivity contribution in [3.8, 4) is 0 Å². The highest BCUT2D eigenvalue weighted by Gasteiger charge is 2.33. The molecule has 2 atom stereocenters. The van der Waals surface area contributed by atoms with E-state index in [4.69, 9.17) is 0 Å². The highest BCUT2D eigenvalue weighted by Crippen LogP contribution is 2.38. The van der Waals surface area contributed by atoms with Gasteiger partial charge in [-0.05, 0) is 43.9 Å². The molecule has 110 valence electrons. The molecular formula is C16H29NO2. The fraction of sp³-hybridized carbons (Fsp3) is 0.938. The molecule has 19 heavy (non-hydrogen) atoms. The van der Waals surface area contributed by atoms with Crippen molar-refractivity contribution in [1.29, 1.82) is 0 Å². The topological polar surface area (TPSA) is 49.3 Å². The molecule has 2 rings (SSSR count). The van der Waals surface area contributed by atoms with Gasteiger partial charge >= 0.3 is 0 Å². The molecule has 1 amide bonds. The summed E-state index contributed by atoms with van der Waals surface area (Å²) in [6.45, 7) is 4.80. The summed E-state index contributed by atoms with van der Waals surface area (Å²) in [5.74, 6) is 0.716. The smallest absolute Gasteiger partial charge is 0.223 e. The van der Waals surface area contributed by atoms with Gasteiger partial charge in [-0.15, -0.1) is 0 Å². The first-order chi connectivity index (χ1) is 9.02. The average Bonchev–Trinajstić information content (AvgIpc) is 2.39. The lowest BCUT2D eigenvalue weighted by Gasteiger charge is -2.36. The first kappa shape index (κ1) is 14.8. The molecule has 3 nitrogen and oxygen atoms in total. The van der Waals surface area contributed by atoms with Gasteiger partial charge in [-0.1, -0.05) is 26.7 Å². The molecule has 2 aliphatic carbocycles. The molecule has 2 saturated carbocycles. The van der Waals surface area contributed by atoms with Gasteiger partial charge in [0, 0.05) is 24.5 Å². The van der Waals surface area contributed by atoms with Gasteiger partial charge in [0.2, 0.25) is 5.91 Å². The second-order valence-corrected chi connectivity index (χ2v) is 7.28. The number of rotatable bonds is 3. The summed E-state index contributed by atoms with van der Waals surface area (Å²) < 4.78 is 0. The maximum Gasteiger partial charge on any atom is 0.223 e. The summed E-state index contributed by atoms with van der Waals surface area (Å²) in [7, 11) is 0. The van der Waals surface area contributed by atoms with Gasteiger partial charge in [0.1, 0.15) is 0 Å². The van der Waals surface area contributed by atoms with Gasteiger partial charge in [-0.3, -0.25) is 4.79 Å². The summed E-state index contributed by atoms with van der Waals surface area (Å²) in [6.07, 6.45) is 8.81. The van der Waals surface area contributed by atoms with Crippen molar-refractivity contribution in [1.82, 2.24) is 5.32 Å². The van der Waals surface area contributed by atoms with Crippen LogP contribution in [0.3, 0.4) is 0 Å². The zero-order valence-electron chi connectivity index (χ0n) is 12.5. The van der Waals surface area contributed by atoms with Crippen molar-refractivity contribution in [3.05, 3.63) is 0 Å². The molecule has 0 aromatic carbocycles. The van der Waals surface area contributed by atoms with Crippen LogP contribution in [0.2, 0.25) is 0 Å². The molecule has 0 aromatic heterocycles. The van der Waals surface area contributed by atoms with E-state index < -0.39 is 0 Å². The number of carbonyl (C=O) groups is 1. The maximum atomic E-state index is 12.3. The SMILES string of the molecule is CC1(C)CCC(C(=O)NC2CCCCC2CO)CC1. The van der Waals surface area contributed by atoms with E-state index in [0.717, 1.165) is 38.5 Å². The van der Waals surface area contributed by atoms with E-state index in [1.165, 1.54) is 12.8 Å². The van der Waals surface area contributed by atoms with Crippen molar-refractivity contribution in [2.24, 2.45) is 17.3 Å². The number of hydrogen-bond acceptors (Lipinski definition) is 2. The van der Waals surface area contributed by atoms with Crippen molar-refractivity contribution < 1.29 is 9.90 Å². The third kappa shape index (κ3) is 3.95. The van der Waals surface area contributed by atoms with Gasteiger partial charge < -0.3 is 10.4 Å². The lowest BCUT2D eigenvalue weighted by molar-refractivity contribution is -0.128. The Morgan fingerprint density at radius 2 is 1.79 bits per heavy atom. The molecule has 2 N–H and O–H groups in total. The molecule has 3 heteroatoms. The van der Waals surface area contributed by atoms with Gasteiger partial charge in [0.05, 0.1) is 0 Å². The monoisotopic (exact) mass is 267 g/mol. The van der Waals surface area contributed by atoms with Crippen LogP contribution in [0.1, 0.15) is 65.2 Å². The second-order valence-electron chi connectivity index (χ2n) is 7.28. The van der Waals surface area contributed by atoms with Crippen LogP contribution in [0.4, 0.5) is 0 Å². The third-order valence-corrected chi connectivity index (χ3v) is 5.18. The normalized spacial score (nSPS) is 31.9. The van der Waals surface area contributed by atoms with Gasteiger partial charge in [-0.2, -0.15) is 0 Å². The number of aliphatic hydroxyl groups excluding tert-OH is 1. The van der Waals surface area contributed by atoms with E-state index in [-0.39, 0.29) is 30.4 Å². The highest BCUT2D eigenvalue weighted by atomic mass is 16.3. The standard InChI is InChI=1S/C16H29NO2/c1-16(2)9-7-12(8-10-16)15(19)17-14-6-4-3-5-13(14)11-18/h12-14,18H,3-11H2,1-2H3,(H,17,19). The lowest BCUT2D eigenvalue weighted by atomic mass is 9.72. The van der Waals surface area contributed by atoms with Crippen LogP contribution in [0.15, 0.2) is 0 Å². The quantitative estimate of drug-likeness (QED) is 0.826. The Hall–Kier alpha value is -0.570. The van der Waals surface area contributed by atoms with Gasteiger partial charge in [0.25, 0.3) is 0 Å². The first-order valence-corrected chi connectivity index (χ1v) is 7.93. The largest absolute Gasteiger partial charge is 0.396 e. The van der Waals surface area contributed by atoms with Crippen LogP contribution >= 0.6 is 0 Å². The fourth-order valence-corrected chi connectivity index (χ4v) is 3.58. The van der Waals surface area contributed by atoms with Crippen LogP contribution in [0.5, 0.6) is 0 Å². The Morgan fingerprint density at radius 1 is 1.16 bits per heavy atom. The van der Waals surface area contributed by atoms with Crippen molar-refractivity contribution >= 4 is 5.91 Å². The van der Waals surface area contributed by atoms with Crippen molar-refractivity contribution in [2.45, 2.75) is 71.3 Å². The minimum absolute atomic E-state index is 0.203. The minimum Gasteiger partial charge on any atom is -0.396 e. The zero-order valence-corrected chi connectivity index (χ0v) is 12.5. The van der Waals surface area contributed by atoms with Crippen LogP contribution in [-0.4, -0.2) is 23.7 Å². The molecule has 0 saturated heterocycles. The average molecular weight is 267 g/mol. The summed E-state index contributed by atoms with van der Waals surface area (Å²) in [5.41, 5.74) is 0.412. The number of carbonyl (C=O) groups excluding carboxylic acids is 1. The summed E-state index contributed by atoms with van der Waals surface area (Å²) in [4.78, 5) is 12.3. The van der Waals surface area contributed by atoms with E-state index in [9.17, 15) is 9.90 Å². The summed E-state index contributed by atoms with van der Waals surface area (Å²) in [5, 5.41) is 12.6. The number of aliphatic hydroxyl groups is 1. The molecule has 0 aliphatic heterocycles. The van der Waals surface area contributed by atoms with Crippen LogP contribution in [-0.2, 0) is 4.79 Å². The fourth-order valence-electron chi connectivity index (χ4n) is 3.58. The van der Waals surface area contributed by atoms with Crippen molar-refractivity contribution in [3.63, 3.8) is 0 Å². The molecule has 0 aromatic rings. The number of amides is 1. The highest BCUT2D eigenvalue weighted by molar-refractivity contribution is 5.79. The third-order valence-electron chi connectivity index (χ3n) is 5.18.